The zero-order valence-corrected chi connectivity index (χ0v) is 13.1. The minimum Gasteiger partial charge on any atom is -0.380 e. The van der Waals surface area contributed by atoms with E-state index in [4.69, 9.17) is 4.74 Å². The van der Waals surface area contributed by atoms with Crippen molar-refractivity contribution in [3.63, 3.8) is 0 Å². The van der Waals surface area contributed by atoms with Crippen LogP contribution in [0.5, 0.6) is 0 Å². The fourth-order valence-corrected chi connectivity index (χ4v) is 4.14. The average molecular weight is 310 g/mol. The molecule has 1 aliphatic carbocycles. The highest BCUT2D eigenvalue weighted by atomic mass is 32.2. The normalized spacial score (nSPS) is 22.6. The van der Waals surface area contributed by atoms with E-state index in [0.29, 0.717) is 24.2 Å². The van der Waals surface area contributed by atoms with Crippen molar-refractivity contribution in [1.29, 1.82) is 0 Å². The second kappa shape index (κ2) is 6.04. The number of sulfonamides is 1. The lowest BCUT2D eigenvalue weighted by Crippen LogP contribution is -2.35. The summed E-state index contributed by atoms with van der Waals surface area (Å²) in [6, 6.07) is 5.98. The molecule has 2 fully saturated rings. The molecule has 0 spiro atoms. The van der Waals surface area contributed by atoms with Crippen LogP contribution in [0.1, 0.15) is 30.4 Å². The van der Waals surface area contributed by atoms with Crippen molar-refractivity contribution in [3.05, 3.63) is 29.3 Å². The largest absolute Gasteiger partial charge is 0.380 e. The van der Waals surface area contributed by atoms with Crippen molar-refractivity contribution in [3.8, 4) is 0 Å². The van der Waals surface area contributed by atoms with Crippen LogP contribution in [0.4, 0.5) is 0 Å². The smallest absolute Gasteiger partial charge is 0.241 e. The SMILES string of the molecule is Cc1c(CNC2CC2)cccc1S(=O)(=O)NC1CCOC1. The molecule has 1 aliphatic heterocycles. The van der Waals surface area contributed by atoms with Crippen molar-refractivity contribution in [2.24, 2.45) is 0 Å². The summed E-state index contributed by atoms with van der Waals surface area (Å²) in [6.07, 6.45) is 3.18. The number of benzene rings is 1. The maximum absolute atomic E-state index is 12.5. The van der Waals surface area contributed by atoms with Gasteiger partial charge in [-0.25, -0.2) is 13.1 Å². The molecule has 0 amide bonds. The van der Waals surface area contributed by atoms with E-state index >= 15 is 0 Å². The van der Waals surface area contributed by atoms with Gasteiger partial charge < -0.3 is 10.1 Å². The zero-order chi connectivity index (χ0) is 14.9. The van der Waals surface area contributed by atoms with Crippen molar-refractivity contribution in [2.45, 2.75) is 49.7 Å². The Balaban J connectivity index is 1.77. The zero-order valence-electron chi connectivity index (χ0n) is 12.3. The Labute approximate surface area is 126 Å². The molecular formula is C15H22N2O3S. The molecule has 1 unspecified atom stereocenters. The van der Waals surface area contributed by atoms with Crippen LogP contribution in [0, 0.1) is 6.92 Å². The third-order valence-electron chi connectivity index (χ3n) is 4.10. The molecule has 0 bridgehead atoms. The topological polar surface area (TPSA) is 67.4 Å². The molecule has 1 aromatic carbocycles. The Morgan fingerprint density at radius 1 is 1.24 bits per heavy atom. The van der Waals surface area contributed by atoms with Crippen LogP contribution in [0.3, 0.4) is 0 Å². The Hall–Kier alpha value is -0.950. The number of ether oxygens (including phenoxy) is 1. The molecule has 1 heterocycles. The van der Waals surface area contributed by atoms with Gasteiger partial charge in [-0.05, 0) is 43.4 Å². The standard InChI is InChI=1S/C15H22N2O3S/c1-11-12(9-16-13-5-6-13)3-2-4-15(11)21(18,19)17-14-7-8-20-10-14/h2-4,13-14,16-17H,5-10H2,1H3. The molecule has 1 saturated heterocycles. The highest BCUT2D eigenvalue weighted by Gasteiger charge is 2.26. The van der Waals surface area contributed by atoms with Crippen LogP contribution < -0.4 is 10.0 Å². The number of hydrogen-bond acceptors (Lipinski definition) is 4. The highest BCUT2D eigenvalue weighted by Crippen LogP contribution is 2.23. The predicted octanol–water partition coefficient (Wildman–Crippen LogP) is 1.31. The molecule has 1 atom stereocenters. The quantitative estimate of drug-likeness (QED) is 0.831. The molecule has 116 valence electrons. The van der Waals surface area contributed by atoms with Crippen molar-refractivity contribution < 1.29 is 13.2 Å². The van der Waals surface area contributed by atoms with Gasteiger partial charge in [0.1, 0.15) is 0 Å². The average Bonchev–Trinajstić information content (AvgIpc) is 3.14. The summed E-state index contributed by atoms with van der Waals surface area (Å²) in [5.74, 6) is 0. The second-order valence-corrected chi connectivity index (χ2v) is 7.56. The van der Waals surface area contributed by atoms with E-state index in [2.05, 4.69) is 10.0 Å². The van der Waals surface area contributed by atoms with E-state index in [1.54, 1.807) is 6.07 Å². The van der Waals surface area contributed by atoms with Gasteiger partial charge in [0.05, 0.1) is 11.5 Å². The molecular weight excluding hydrogens is 288 g/mol. The van der Waals surface area contributed by atoms with E-state index in [-0.39, 0.29) is 6.04 Å². The van der Waals surface area contributed by atoms with E-state index < -0.39 is 10.0 Å². The maximum Gasteiger partial charge on any atom is 0.241 e. The predicted molar refractivity (Wildman–Crippen MR) is 80.6 cm³/mol. The van der Waals surface area contributed by atoms with Crippen LogP contribution in [-0.4, -0.2) is 33.7 Å². The first-order valence-electron chi connectivity index (χ1n) is 7.48. The molecule has 0 aromatic heterocycles. The van der Waals surface area contributed by atoms with E-state index in [0.717, 1.165) is 24.1 Å². The fraction of sp³-hybridized carbons (Fsp3) is 0.600. The highest BCUT2D eigenvalue weighted by molar-refractivity contribution is 7.89. The van der Waals surface area contributed by atoms with Crippen molar-refractivity contribution >= 4 is 10.0 Å². The number of nitrogens with one attached hydrogen (secondary N) is 2. The van der Waals surface area contributed by atoms with E-state index in [1.165, 1.54) is 12.8 Å². The van der Waals surface area contributed by atoms with Crippen LogP contribution in [0.2, 0.25) is 0 Å². The summed E-state index contributed by atoms with van der Waals surface area (Å²) >= 11 is 0. The molecule has 2 N–H and O–H groups in total. The molecule has 1 saturated carbocycles. The first-order chi connectivity index (χ1) is 10.1. The van der Waals surface area contributed by atoms with Crippen LogP contribution in [-0.2, 0) is 21.3 Å². The van der Waals surface area contributed by atoms with Gasteiger partial charge in [-0.2, -0.15) is 0 Å². The van der Waals surface area contributed by atoms with E-state index in [1.807, 2.05) is 19.1 Å². The lowest BCUT2D eigenvalue weighted by atomic mass is 10.1. The lowest BCUT2D eigenvalue weighted by Gasteiger charge is -2.15. The molecule has 1 aromatic rings. The Morgan fingerprint density at radius 3 is 2.71 bits per heavy atom. The maximum atomic E-state index is 12.5. The molecule has 5 nitrogen and oxygen atoms in total. The molecule has 3 rings (SSSR count). The monoisotopic (exact) mass is 310 g/mol. The minimum absolute atomic E-state index is 0.109. The van der Waals surface area contributed by atoms with Crippen LogP contribution in [0.15, 0.2) is 23.1 Å². The van der Waals surface area contributed by atoms with Gasteiger partial charge in [-0.1, -0.05) is 12.1 Å². The number of rotatable bonds is 6. The van der Waals surface area contributed by atoms with Gasteiger partial charge >= 0.3 is 0 Å². The summed E-state index contributed by atoms with van der Waals surface area (Å²) in [5.41, 5.74) is 1.88. The van der Waals surface area contributed by atoms with Gasteiger partial charge in [0.2, 0.25) is 10.0 Å². The van der Waals surface area contributed by atoms with Crippen LogP contribution >= 0.6 is 0 Å². The van der Waals surface area contributed by atoms with Gasteiger partial charge in [-0.3, -0.25) is 0 Å². The van der Waals surface area contributed by atoms with Gasteiger partial charge in [0, 0.05) is 25.2 Å². The molecule has 6 heteroatoms. The Kier molecular flexibility index (Phi) is 4.31. The van der Waals surface area contributed by atoms with Gasteiger partial charge in [-0.15, -0.1) is 0 Å². The Bertz CT molecular complexity index is 605. The van der Waals surface area contributed by atoms with Gasteiger partial charge in [0.25, 0.3) is 0 Å². The summed E-state index contributed by atoms with van der Waals surface area (Å²) in [4.78, 5) is 0.379. The van der Waals surface area contributed by atoms with E-state index in [9.17, 15) is 8.42 Å². The van der Waals surface area contributed by atoms with Gasteiger partial charge in [0.15, 0.2) is 0 Å². The summed E-state index contributed by atoms with van der Waals surface area (Å²) in [6.45, 7) is 3.69. The molecule has 0 radical (unpaired) electrons. The second-order valence-electron chi connectivity index (χ2n) is 5.88. The Morgan fingerprint density at radius 2 is 2.05 bits per heavy atom. The van der Waals surface area contributed by atoms with Crippen molar-refractivity contribution in [2.75, 3.05) is 13.2 Å². The first-order valence-corrected chi connectivity index (χ1v) is 8.96. The minimum atomic E-state index is -3.48. The third kappa shape index (κ3) is 3.63. The first kappa shape index (κ1) is 15.0. The van der Waals surface area contributed by atoms with Crippen molar-refractivity contribution in [1.82, 2.24) is 10.0 Å². The fourth-order valence-electron chi connectivity index (χ4n) is 2.59. The summed E-state index contributed by atoms with van der Waals surface area (Å²) < 4.78 is 33.0. The lowest BCUT2D eigenvalue weighted by molar-refractivity contribution is 0.192. The van der Waals surface area contributed by atoms with Crippen LogP contribution in [0.25, 0.3) is 0 Å². The summed E-state index contributed by atoms with van der Waals surface area (Å²) in [7, 11) is -3.48. The number of hydrogen-bond donors (Lipinski definition) is 2. The molecule has 2 aliphatic rings. The third-order valence-corrected chi connectivity index (χ3v) is 5.76. The molecule has 21 heavy (non-hydrogen) atoms. The summed E-state index contributed by atoms with van der Waals surface area (Å²) in [5, 5.41) is 3.43.